The maximum Gasteiger partial charge on any atom is 0.257 e. The monoisotopic (exact) mass is 375 g/mol. The lowest BCUT2D eigenvalue weighted by atomic mass is 10.2. The molecule has 8 heteroatoms. The molecule has 7 nitrogen and oxygen atoms in total. The van der Waals surface area contributed by atoms with E-state index in [-0.39, 0.29) is 18.4 Å². The number of hydrogen-bond acceptors (Lipinski definition) is 6. The SMILES string of the molecule is COc1cc(C(=O)Nc2nc(CC(N)=O)cs2)ccc1OC1CCCC1. The van der Waals surface area contributed by atoms with Gasteiger partial charge in [-0.05, 0) is 43.9 Å². The molecule has 138 valence electrons. The van der Waals surface area contributed by atoms with Crippen LogP contribution in [0.25, 0.3) is 0 Å². The minimum absolute atomic E-state index is 0.0490. The van der Waals surface area contributed by atoms with Gasteiger partial charge in [-0.2, -0.15) is 0 Å². The molecule has 1 aromatic heterocycles. The first-order valence-corrected chi connectivity index (χ1v) is 9.32. The van der Waals surface area contributed by atoms with Crippen LogP contribution in [0.4, 0.5) is 5.13 Å². The van der Waals surface area contributed by atoms with Crippen LogP contribution in [0.2, 0.25) is 0 Å². The van der Waals surface area contributed by atoms with Gasteiger partial charge in [-0.25, -0.2) is 4.98 Å². The summed E-state index contributed by atoms with van der Waals surface area (Å²) in [6, 6.07) is 5.10. The number of nitrogens with two attached hydrogens (primary N) is 1. The van der Waals surface area contributed by atoms with E-state index in [2.05, 4.69) is 10.3 Å². The summed E-state index contributed by atoms with van der Waals surface area (Å²) in [7, 11) is 1.55. The number of primary amides is 1. The number of amides is 2. The molecule has 0 spiro atoms. The lowest BCUT2D eigenvalue weighted by molar-refractivity contribution is -0.117. The number of carbonyl (C=O) groups is 2. The Morgan fingerprint density at radius 1 is 1.31 bits per heavy atom. The average molecular weight is 375 g/mol. The fourth-order valence-corrected chi connectivity index (χ4v) is 3.59. The van der Waals surface area contributed by atoms with Gasteiger partial charge in [-0.15, -0.1) is 11.3 Å². The summed E-state index contributed by atoms with van der Waals surface area (Å²) in [6.45, 7) is 0. The van der Waals surface area contributed by atoms with Gasteiger partial charge in [-0.3, -0.25) is 14.9 Å². The standard InChI is InChI=1S/C18H21N3O4S/c1-24-15-8-11(6-7-14(15)25-13-4-2-3-5-13)17(23)21-18-20-12(10-26-18)9-16(19)22/h6-8,10,13H,2-5,9H2,1H3,(H2,19,22)(H,20,21,23). The Morgan fingerprint density at radius 2 is 2.08 bits per heavy atom. The third-order valence-corrected chi connectivity index (χ3v) is 4.96. The first-order chi connectivity index (χ1) is 12.5. The number of benzene rings is 1. The molecule has 26 heavy (non-hydrogen) atoms. The molecule has 0 atom stereocenters. The normalized spacial score (nSPS) is 14.2. The summed E-state index contributed by atoms with van der Waals surface area (Å²) in [6.07, 6.45) is 4.71. The first-order valence-electron chi connectivity index (χ1n) is 8.44. The van der Waals surface area contributed by atoms with Crippen LogP contribution < -0.4 is 20.5 Å². The minimum atomic E-state index is -0.462. The highest BCUT2D eigenvalue weighted by atomic mass is 32.1. The summed E-state index contributed by atoms with van der Waals surface area (Å²) < 4.78 is 11.4. The molecule has 1 aromatic carbocycles. The molecular weight excluding hydrogens is 354 g/mol. The summed E-state index contributed by atoms with van der Waals surface area (Å²) in [4.78, 5) is 27.5. The highest BCUT2D eigenvalue weighted by Crippen LogP contribution is 2.32. The zero-order valence-corrected chi connectivity index (χ0v) is 15.3. The topological polar surface area (TPSA) is 104 Å². The van der Waals surface area contributed by atoms with Crippen molar-refractivity contribution in [1.29, 1.82) is 0 Å². The maximum atomic E-state index is 12.4. The third kappa shape index (κ3) is 4.51. The molecule has 3 N–H and O–H groups in total. The second-order valence-corrected chi connectivity index (χ2v) is 6.99. The summed E-state index contributed by atoms with van der Waals surface area (Å²) in [5.41, 5.74) is 6.12. The predicted molar refractivity (Wildman–Crippen MR) is 98.8 cm³/mol. The fraction of sp³-hybridized carbons (Fsp3) is 0.389. The van der Waals surface area contributed by atoms with E-state index in [0.29, 0.717) is 27.9 Å². The fourth-order valence-electron chi connectivity index (χ4n) is 2.89. The molecule has 0 radical (unpaired) electrons. The van der Waals surface area contributed by atoms with Crippen molar-refractivity contribution in [2.45, 2.75) is 38.2 Å². The van der Waals surface area contributed by atoms with Gasteiger partial charge in [0.2, 0.25) is 5.91 Å². The largest absolute Gasteiger partial charge is 0.493 e. The van der Waals surface area contributed by atoms with Crippen LogP contribution in [0.15, 0.2) is 23.6 Å². The van der Waals surface area contributed by atoms with Crippen LogP contribution >= 0.6 is 11.3 Å². The van der Waals surface area contributed by atoms with Gasteiger partial charge in [0, 0.05) is 10.9 Å². The summed E-state index contributed by atoms with van der Waals surface area (Å²) >= 11 is 1.24. The highest BCUT2D eigenvalue weighted by Gasteiger charge is 2.19. The lowest BCUT2D eigenvalue weighted by Crippen LogP contribution is -2.15. The average Bonchev–Trinajstić information content (AvgIpc) is 3.27. The molecule has 2 amide bonds. The zero-order valence-electron chi connectivity index (χ0n) is 14.5. The second-order valence-electron chi connectivity index (χ2n) is 6.13. The van der Waals surface area contributed by atoms with Gasteiger partial charge in [-0.1, -0.05) is 0 Å². The molecule has 1 heterocycles. The summed E-state index contributed by atoms with van der Waals surface area (Å²) in [5, 5.41) is 4.82. The van der Waals surface area contributed by atoms with Gasteiger partial charge >= 0.3 is 0 Å². The number of nitrogens with one attached hydrogen (secondary N) is 1. The molecule has 1 aliphatic carbocycles. The van der Waals surface area contributed by atoms with Crippen LogP contribution in [0.1, 0.15) is 41.7 Å². The Labute approximate surface area is 155 Å². The Balaban J connectivity index is 1.68. The number of methoxy groups -OCH3 is 1. The number of rotatable bonds is 7. The predicted octanol–water partition coefficient (Wildman–Crippen LogP) is 2.75. The van der Waals surface area contributed by atoms with Crippen LogP contribution in [0.3, 0.4) is 0 Å². The maximum absolute atomic E-state index is 12.4. The third-order valence-electron chi connectivity index (χ3n) is 4.15. The van der Waals surface area contributed by atoms with Crippen molar-refractivity contribution in [3.63, 3.8) is 0 Å². The van der Waals surface area contributed by atoms with Gasteiger partial charge in [0.25, 0.3) is 5.91 Å². The van der Waals surface area contributed by atoms with Gasteiger partial charge in [0.15, 0.2) is 16.6 Å². The molecule has 1 aliphatic rings. The molecule has 0 bridgehead atoms. The molecule has 1 fully saturated rings. The van der Waals surface area contributed by atoms with Crippen molar-refractivity contribution in [2.24, 2.45) is 5.73 Å². The van der Waals surface area contributed by atoms with Crippen molar-refractivity contribution in [3.05, 3.63) is 34.8 Å². The minimum Gasteiger partial charge on any atom is -0.493 e. The quantitative estimate of drug-likeness (QED) is 0.774. The molecule has 2 aromatic rings. The van der Waals surface area contributed by atoms with Gasteiger partial charge in [0.1, 0.15) is 0 Å². The highest BCUT2D eigenvalue weighted by molar-refractivity contribution is 7.14. The van der Waals surface area contributed by atoms with Crippen molar-refractivity contribution in [2.75, 3.05) is 12.4 Å². The molecular formula is C18H21N3O4S. The van der Waals surface area contributed by atoms with E-state index < -0.39 is 5.91 Å². The first kappa shape index (κ1) is 18.2. The number of ether oxygens (including phenoxy) is 2. The number of anilines is 1. The van der Waals surface area contributed by atoms with E-state index in [1.165, 1.54) is 24.2 Å². The number of carbonyl (C=O) groups excluding carboxylic acids is 2. The number of nitrogens with zero attached hydrogens (tertiary/aromatic N) is 1. The van der Waals surface area contributed by atoms with E-state index in [9.17, 15) is 9.59 Å². The Morgan fingerprint density at radius 3 is 2.77 bits per heavy atom. The molecule has 3 rings (SSSR count). The van der Waals surface area contributed by atoms with Crippen molar-refractivity contribution in [1.82, 2.24) is 4.98 Å². The van der Waals surface area contributed by atoms with Gasteiger partial charge < -0.3 is 15.2 Å². The zero-order chi connectivity index (χ0) is 18.5. The van der Waals surface area contributed by atoms with Crippen LogP contribution in [0, 0.1) is 0 Å². The number of aromatic nitrogens is 1. The Kier molecular flexibility index (Phi) is 5.72. The molecule has 0 aliphatic heterocycles. The molecule has 1 saturated carbocycles. The van der Waals surface area contributed by atoms with Crippen molar-refractivity contribution < 1.29 is 19.1 Å². The Bertz CT molecular complexity index is 799. The smallest absolute Gasteiger partial charge is 0.257 e. The van der Waals surface area contributed by atoms with Crippen LogP contribution in [-0.2, 0) is 11.2 Å². The van der Waals surface area contributed by atoms with Gasteiger partial charge in [0.05, 0.1) is 25.3 Å². The van der Waals surface area contributed by atoms with Crippen molar-refractivity contribution in [3.8, 4) is 11.5 Å². The summed E-state index contributed by atoms with van der Waals surface area (Å²) in [5.74, 6) is 0.401. The molecule has 0 unspecified atom stereocenters. The second kappa shape index (κ2) is 8.18. The van der Waals surface area contributed by atoms with Crippen molar-refractivity contribution >= 4 is 28.3 Å². The van der Waals surface area contributed by atoms with Crippen LogP contribution in [0.5, 0.6) is 11.5 Å². The van der Waals surface area contributed by atoms with E-state index in [4.69, 9.17) is 15.2 Å². The van der Waals surface area contributed by atoms with E-state index in [0.717, 1.165) is 12.8 Å². The molecule has 0 saturated heterocycles. The Hall–Kier alpha value is -2.61. The number of hydrogen-bond donors (Lipinski definition) is 2. The van der Waals surface area contributed by atoms with E-state index in [1.54, 1.807) is 30.7 Å². The van der Waals surface area contributed by atoms with E-state index >= 15 is 0 Å². The van der Waals surface area contributed by atoms with Crippen LogP contribution in [-0.4, -0.2) is 30.0 Å². The number of thiazole rings is 1. The van der Waals surface area contributed by atoms with E-state index in [1.807, 2.05) is 0 Å². The lowest BCUT2D eigenvalue weighted by Gasteiger charge is -2.16.